The van der Waals surface area contributed by atoms with E-state index in [2.05, 4.69) is 5.32 Å². The Labute approximate surface area is 116 Å². The number of halogens is 2. The average Bonchev–Trinajstić information content (AvgIpc) is 2.82. The summed E-state index contributed by atoms with van der Waals surface area (Å²) in [5, 5.41) is 3.61. The van der Waals surface area contributed by atoms with Crippen LogP contribution in [0.4, 0.5) is 4.39 Å². The van der Waals surface area contributed by atoms with Crippen LogP contribution >= 0.6 is 11.6 Å². The molecule has 0 aliphatic carbocycles. The zero-order chi connectivity index (χ0) is 13.4. The Morgan fingerprint density at radius 2 is 2.26 bits per heavy atom. The molecule has 2 saturated heterocycles. The number of amides is 1. The number of piperidine rings is 1. The van der Waals surface area contributed by atoms with Gasteiger partial charge in [-0.3, -0.25) is 4.79 Å². The number of nitrogens with zero attached hydrogens (tertiary/aromatic N) is 1. The van der Waals surface area contributed by atoms with Crippen molar-refractivity contribution in [1.82, 2.24) is 10.2 Å². The van der Waals surface area contributed by atoms with E-state index in [1.54, 1.807) is 11.0 Å². The summed E-state index contributed by atoms with van der Waals surface area (Å²) in [7, 11) is 0. The van der Waals surface area contributed by atoms with E-state index in [1.165, 1.54) is 12.1 Å². The predicted molar refractivity (Wildman–Crippen MR) is 71.8 cm³/mol. The zero-order valence-corrected chi connectivity index (χ0v) is 11.3. The molecule has 3 nitrogen and oxygen atoms in total. The Kier molecular flexibility index (Phi) is 3.46. The standard InChI is InChI=1S/C14H16ClFN2O/c15-10-4-1-5-11(16)13(10)14(19)18-7-9-3-2-6-17-12(9)8-18/h1,4-5,9,12,17H,2-3,6-8H2. The van der Waals surface area contributed by atoms with E-state index in [-0.39, 0.29) is 16.5 Å². The number of hydrogen-bond donors (Lipinski definition) is 1. The third-order valence-electron chi connectivity index (χ3n) is 4.06. The van der Waals surface area contributed by atoms with Gasteiger partial charge in [-0.05, 0) is 37.4 Å². The van der Waals surface area contributed by atoms with Crippen LogP contribution in [-0.4, -0.2) is 36.5 Å². The molecule has 2 aliphatic rings. The normalized spacial score (nSPS) is 26.3. The van der Waals surface area contributed by atoms with Gasteiger partial charge >= 0.3 is 0 Å². The number of fused-ring (bicyclic) bond motifs is 1. The number of nitrogens with one attached hydrogen (secondary N) is 1. The Morgan fingerprint density at radius 1 is 1.42 bits per heavy atom. The number of rotatable bonds is 1. The predicted octanol–water partition coefficient (Wildman–Crippen LogP) is 2.30. The smallest absolute Gasteiger partial charge is 0.258 e. The molecule has 0 radical (unpaired) electrons. The van der Waals surface area contributed by atoms with Crippen molar-refractivity contribution in [2.45, 2.75) is 18.9 Å². The molecule has 2 aliphatic heterocycles. The fourth-order valence-corrected chi connectivity index (χ4v) is 3.32. The maximum Gasteiger partial charge on any atom is 0.258 e. The fraction of sp³-hybridized carbons (Fsp3) is 0.500. The van der Waals surface area contributed by atoms with Crippen molar-refractivity contribution >= 4 is 17.5 Å². The maximum atomic E-state index is 13.8. The van der Waals surface area contributed by atoms with Gasteiger partial charge in [-0.25, -0.2) is 4.39 Å². The molecule has 2 fully saturated rings. The quantitative estimate of drug-likeness (QED) is 0.857. The van der Waals surface area contributed by atoms with E-state index in [4.69, 9.17) is 11.6 Å². The van der Waals surface area contributed by atoms with Crippen molar-refractivity contribution in [3.05, 3.63) is 34.6 Å². The summed E-state index contributed by atoms with van der Waals surface area (Å²) < 4.78 is 13.8. The van der Waals surface area contributed by atoms with Gasteiger partial charge < -0.3 is 10.2 Å². The Morgan fingerprint density at radius 3 is 3.00 bits per heavy atom. The van der Waals surface area contributed by atoms with E-state index in [0.717, 1.165) is 19.4 Å². The van der Waals surface area contributed by atoms with Gasteiger partial charge in [0, 0.05) is 19.1 Å². The molecular formula is C14H16ClFN2O. The van der Waals surface area contributed by atoms with Crippen LogP contribution in [0.2, 0.25) is 5.02 Å². The van der Waals surface area contributed by atoms with Crippen LogP contribution in [0, 0.1) is 11.7 Å². The lowest BCUT2D eigenvalue weighted by molar-refractivity contribution is 0.0781. The summed E-state index contributed by atoms with van der Waals surface area (Å²) in [4.78, 5) is 14.1. The highest BCUT2D eigenvalue weighted by molar-refractivity contribution is 6.33. The first kappa shape index (κ1) is 12.9. The summed E-state index contributed by atoms with van der Waals surface area (Å²) in [6.45, 7) is 2.35. The first-order chi connectivity index (χ1) is 9.16. The molecule has 3 rings (SSSR count). The molecule has 1 N–H and O–H groups in total. The molecule has 0 aromatic heterocycles. The maximum absolute atomic E-state index is 13.8. The summed E-state index contributed by atoms with van der Waals surface area (Å²) >= 11 is 5.95. The van der Waals surface area contributed by atoms with Crippen LogP contribution in [0.5, 0.6) is 0 Å². The molecule has 2 atom stereocenters. The molecule has 2 unspecified atom stereocenters. The molecule has 1 aromatic rings. The largest absolute Gasteiger partial charge is 0.337 e. The van der Waals surface area contributed by atoms with Gasteiger partial charge in [0.15, 0.2) is 0 Å². The van der Waals surface area contributed by atoms with Gasteiger partial charge in [0.25, 0.3) is 5.91 Å². The van der Waals surface area contributed by atoms with Crippen molar-refractivity contribution < 1.29 is 9.18 Å². The molecule has 102 valence electrons. The summed E-state index contributed by atoms with van der Waals surface area (Å²) in [6.07, 6.45) is 2.27. The van der Waals surface area contributed by atoms with Gasteiger partial charge in [0.2, 0.25) is 0 Å². The lowest BCUT2D eigenvalue weighted by Crippen LogP contribution is -2.41. The van der Waals surface area contributed by atoms with Crippen LogP contribution in [0.1, 0.15) is 23.2 Å². The van der Waals surface area contributed by atoms with Gasteiger partial charge in [-0.1, -0.05) is 17.7 Å². The number of likely N-dealkylation sites (tertiary alicyclic amines) is 1. The van der Waals surface area contributed by atoms with Crippen LogP contribution in [0.15, 0.2) is 18.2 Å². The minimum atomic E-state index is -0.541. The second-order valence-corrected chi connectivity index (χ2v) is 5.68. The van der Waals surface area contributed by atoms with Crippen LogP contribution in [-0.2, 0) is 0 Å². The highest BCUT2D eigenvalue weighted by Gasteiger charge is 2.37. The first-order valence-corrected chi connectivity index (χ1v) is 7.01. The number of carbonyl (C=O) groups is 1. The minimum Gasteiger partial charge on any atom is -0.337 e. The van der Waals surface area contributed by atoms with Crippen molar-refractivity contribution in [2.24, 2.45) is 5.92 Å². The van der Waals surface area contributed by atoms with Crippen molar-refractivity contribution in [3.63, 3.8) is 0 Å². The Balaban J connectivity index is 1.81. The molecule has 0 spiro atoms. The van der Waals surface area contributed by atoms with Crippen LogP contribution in [0.25, 0.3) is 0 Å². The number of carbonyl (C=O) groups excluding carboxylic acids is 1. The third-order valence-corrected chi connectivity index (χ3v) is 4.38. The van der Waals surface area contributed by atoms with Crippen molar-refractivity contribution in [1.29, 1.82) is 0 Å². The van der Waals surface area contributed by atoms with Crippen molar-refractivity contribution in [2.75, 3.05) is 19.6 Å². The third kappa shape index (κ3) is 2.35. The van der Waals surface area contributed by atoms with Crippen LogP contribution < -0.4 is 5.32 Å². The monoisotopic (exact) mass is 282 g/mol. The zero-order valence-electron chi connectivity index (χ0n) is 10.5. The highest BCUT2D eigenvalue weighted by Crippen LogP contribution is 2.28. The number of hydrogen-bond acceptors (Lipinski definition) is 2. The van der Waals surface area contributed by atoms with Crippen molar-refractivity contribution in [3.8, 4) is 0 Å². The fourth-order valence-electron chi connectivity index (χ4n) is 3.07. The molecule has 19 heavy (non-hydrogen) atoms. The SMILES string of the molecule is O=C(c1c(F)cccc1Cl)N1CC2CCCNC2C1. The molecule has 2 heterocycles. The van der Waals surface area contributed by atoms with E-state index >= 15 is 0 Å². The Hall–Kier alpha value is -1.13. The Bertz CT molecular complexity index is 474. The van der Waals surface area contributed by atoms with Crippen LogP contribution in [0.3, 0.4) is 0 Å². The molecule has 0 saturated carbocycles. The molecule has 1 aromatic carbocycles. The minimum absolute atomic E-state index is 0.00261. The summed E-state index contributed by atoms with van der Waals surface area (Å²) in [6, 6.07) is 4.70. The number of benzene rings is 1. The molecule has 5 heteroatoms. The van der Waals surface area contributed by atoms with Gasteiger partial charge in [0.1, 0.15) is 5.82 Å². The second kappa shape index (κ2) is 5.10. The topological polar surface area (TPSA) is 32.3 Å². The van der Waals surface area contributed by atoms with Gasteiger partial charge in [-0.2, -0.15) is 0 Å². The lowest BCUT2D eigenvalue weighted by Gasteiger charge is -2.24. The van der Waals surface area contributed by atoms with Gasteiger partial charge in [0.05, 0.1) is 10.6 Å². The van der Waals surface area contributed by atoms with E-state index in [1.807, 2.05) is 0 Å². The molecular weight excluding hydrogens is 267 g/mol. The average molecular weight is 283 g/mol. The highest BCUT2D eigenvalue weighted by atomic mass is 35.5. The summed E-state index contributed by atoms with van der Waals surface area (Å²) in [5.41, 5.74) is 0.00261. The second-order valence-electron chi connectivity index (χ2n) is 5.27. The van der Waals surface area contributed by atoms with E-state index in [9.17, 15) is 9.18 Å². The molecule has 1 amide bonds. The summed E-state index contributed by atoms with van der Waals surface area (Å²) in [5.74, 6) is -0.345. The molecule has 0 bridgehead atoms. The lowest BCUT2D eigenvalue weighted by atomic mass is 9.94. The van der Waals surface area contributed by atoms with E-state index < -0.39 is 5.82 Å². The van der Waals surface area contributed by atoms with E-state index in [0.29, 0.717) is 25.0 Å². The van der Waals surface area contributed by atoms with Gasteiger partial charge in [-0.15, -0.1) is 0 Å². The first-order valence-electron chi connectivity index (χ1n) is 6.63.